The van der Waals surface area contributed by atoms with Gasteiger partial charge in [0.05, 0.1) is 11.6 Å². The zero-order chi connectivity index (χ0) is 17.8. The average molecular weight is 388 g/mol. The molecule has 1 aromatic carbocycles. The Morgan fingerprint density at radius 3 is 2.85 bits per heavy atom. The lowest BCUT2D eigenvalue weighted by atomic mass is 9.96. The molecular weight excluding hydrogens is 364 g/mol. The minimum atomic E-state index is -0.792. The Hall–Kier alpha value is -1.73. The maximum absolute atomic E-state index is 13.9. The fraction of sp³-hybridized carbons (Fsp3) is 0.556. The Balaban J connectivity index is 0.00000243. The summed E-state index contributed by atoms with van der Waals surface area (Å²) in [7, 11) is 0. The molecule has 2 atom stereocenters. The molecule has 2 N–H and O–H groups in total. The van der Waals surface area contributed by atoms with Crippen molar-refractivity contribution in [3.05, 3.63) is 29.8 Å². The minimum absolute atomic E-state index is 0. The van der Waals surface area contributed by atoms with E-state index < -0.39 is 17.6 Å². The minimum Gasteiger partial charge on any atom is -0.356 e. The lowest BCUT2D eigenvalue weighted by Crippen LogP contribution is -2.36. The van der Waals surface area contributed by atoms with Gasteiger partial charge >= 0.3 is 0 Å². The first-order valence-electron chi connectivity index (χ1n) is 8.78. The molecule has 0 aromatic heterocycles. The standard InChI is InChI=1S/C18H23F2N3O2.ClH/c19-14-3-4-16(15(20)9-14)23-11-13(8-17(23)24)18(25)22-7-5-12-2-1-6-21-10-12;/h3-4,9,12-13,21H,1-2,5-8,10-11H2,(H,22,25);1H. The van der Waals surface area contributed by atoms with Crippen LogP contribution in [0, 0.1) is 23.5 Å². The SMILES string of the molecule is Cl.O=C(NCCC1CCCNC1)C1CC(=O)N(c2ccc(F)cc2F)C1. The van der Waals surface area contributed by atoms with Crippen molar-refractivity contribution in [1.29, 1.82) is 0 Å². The molecule has 2 aliphatic heterocycles. The van der Waals surface area contributed by atoms with Crippen LogP contribution in [0.25, 0.3) is 0 Å². The molecule has 2 amide bonds. The van der Waals surface area contributed by atoms with Gasteiger partial charge in [-0.15, -0.1) is 12.4 Å². The van der Waals surface area contributed by atoms with E-state index in [1.54, 1.807) is 0 Å². The molecule has 0 bridgehead atoms. The smallest absolute Gasteiger partial charge is 0.227 e. The van der Waals surface area contributed by atoms with Gasteiger partial charge in [-0.25, -0.2) is 8.78 Å². The van der Waals surface area contributed by atoms with Crippen LogP contribution in [-0.4, -0.2) is 38.0 Å². The molecule has 5 nitrogen and oxygen atoms in total. The van der Waals surface area contributed by atoms with Crippen molar-refractivity contribution in [2.75, 3.05) is 31.1 Å². The number of nitrogens with zero attached hydrogens (tertiary/aromatic N) is 1. The molecular formula is C18H24ClF2N3O2. The Kier molecular flexibility index (Phi) is 7.34. The van der Waals surface area contributed by atoms with Gasteiger partial charge in [-0.05, 0) is 50.4 Å². The lowest BCUT2D eigenvalue weighted by Gasteiger charge is -2.23. The van der Waals surface area contributed by atoms with Crippen LogP contribution >= 0.6 is 12.4 Å². The number of carbonyl (C=O) groups is 2. The molecule has 1 aromatic rings. The van der Waals surface area contributed by atoms with Crippen LogP contribution in [0.2, 0.25) is 0 Å². The summed E-state index contributed by atoms with van der Waals surface area (Å²) in [5.41, 5.74) is 0.0231. The summed E-state index contributed by atoms with van der Waals surface area (Å²) in [6, 6.07) is 3.09. The van der Waals surface area contributed by atoms with Crippen molar-refractivity contribution in [2.45, 2.75) is 25.7 Å². The Morgan fingerprint density at radius 2 is 2.15 bits per heavy atom. The summed E-state index contributed by atoms with van der Waals surface area (Å²) in [4.78, 5) is 25.6. The Bertz CT molecular complexity index is 653. The second-order valence-electron chi connectivity index (χ2n) is 6.79. The Labute approximate surface area is 157 Å². The quantitative estimate of drug-likeness (QED) is 0.814. The second-order valence-corrected chi connectivity index (χ2v) is 6.79. The second kappa shape index (κ2) is 9.28. The van der Waals surface area contributed by atoms with E-state index in [4.69, 9.17) is 0 Å². The van der Waals surface area contributed by atoms with Gasteiger partial charge in [0.2, 0.25) is 11.8 Å². The first-order valence-corrected chi connectivity index (χ1v) is 8.78. The first kappa shape index (κ1) is 20.6. The topological polar surface area (TPSA) is 61.4 Å². The van der Waals surface area contributed by atoms with Gasteiger partial charge in [-0.3, -0.25) is 9.59 Å². The predicted octanol–water partition coefficient (Wildman–Crippen LogP) is 2.25. The van der Waals surface area contributed by atoms with Crippen LogP contribution in [-0.2, 0) is 9.59 Å². The third kappa shape index (κ3) is 4.92. The summed E-state index contributed by atoms with van der Waals surface area (Å²) in [6.07, 6.45) is 3.29. The van der Waals surface area contributed by atoms with E-state index in [9.17, 15) is 18.4 Å². The fourth-order valence-electron chi connectivity index (χ4n) is 3.53. The number of carbonyl (C=O) groups excluding carboxylic acids is 2. The largest absolute Gasteiger partial charge is 0.356 e. The number of hydrogen-bond acceptors (Lipinski definition) is 3. The number of amides is 2. The summed E-state index contributed by atoms with van der Waals surface area (Å²) in [5.74, 6) is -1.91. The molecule has 2 fully saturated rings. The highest BCUT2D eigenvalue weighted by Gasteiger charge is 2.36. The number of rotatable bonds is 5. The fourth-order valence-corrected chi connectivity index (χ4v) is 3.53. The molecule has 2 unspecified atom stereocenters. The third-order valence-electron chi connectivity index (χ3n) is 4.95. The molecule has 2 aliphatic rings. The molecule has 0 saturated carbocycles. The van der Waals surface area contributed by atoms with E-state index in [0.29, 0.717) is 12.5 Å². The van der Waals surface area contributed by atoms with Crippen LogP contribution in [0.5, 0.6) is 0 Å². The molecule has 144 valence electrons. The molecule has 2 saturated heterocycles. The highest BCUT2D eigenvalue weighted by Crippen LogP contribution is 2.28. The summed E-state index contributed by atoms with van der Waals surface area (Å²) in [6.45, 7) is 2.75. The first-order chi connectivity index (χ1) is 12.0. The van der Waals surface area contributed by atoms with Crippen molar-refractivity contribution in [1.82, 2.24) is 10.6 Å². The van der Waals surface area contributed by atoms with Gasteiger partial charge < -0.3 is 15.5 Å². The number of halogens is 3. The van der Waals surface area contributed by atoms with Crippen molar-refractivity contribution < 1.29 is 18.4 Å². The normalized spacial score (nSPS) is 22.8. The monoisotopic (exact) mass is 387 g/mol. The van der Waals surface area contributed by atoms with Crippen LogP contribution in [0.15, 0.2) is 18.2 Å². The number of hydrogen-bond donors (Lipinski definition) is 2. The van der Waals surface area contributed by atoms with Crippen molar-refractivity contribution >= 4 is 29.9 Å². The van der Waals surface area contributed by atoms with Gasteiger partial charge in [-0.1, -0.05) is 0 Å². The Morgan fingerprint density at radius 1 is 1.35 bits per heavy atom. The molecule has 0 aliphatic carbocycles. The maximum atomic E-state index is 13.9. The van der Waals surface area contributed by atoms with Gasteiger partial charge in [0, 0.05) is 25.6 Å². The van der Waals surface area contributed by atoms with Crippen LogP contribution in [0.4, 0.5) is 14.5 Å². The van der Waals surface area contributed by atoms with E-state index in [1.807, 2.05) is 0 Å². The summed E-state index contributed by atoms with van der Waals surface area (Å²) < 4.78 is 26.9. The van der Waals surface area contributed by atoms with E-state index in [1.165, 1.54) is 17.4 Å². The number of anilines is 1. The van der Waals surface area contributed by atoms with Crippen molar-refractivity contribution in [3.8, 4) is 0 Å². The van der Waals surface area contributed by atoms with Gasteiger partial charge in [0.1, 0.15) is 11.6 Å². The number of benzene rings is 1. The number of piperidine rings is 1. The zero-order valence-electron chi connectivity index (χ0n) is 14.5. The molecule has 26 heavy (non-hydrogen) atoms. The lowest BCUT2D eigenvalue weighted by molar-refractivity contribution is -0.126. The predicted molar refractivity (Wildman–Crippen MR) is 97.3 cm³/mol. The third-order valence-corrected chi connectivity index (χ3v) is 4.95. The molecule has 0 spiro atoms. The molecule has 3 rings (SSSR count). The van der Waals surface area contributed by atoms with E-state index >= 15 is 0 Å². The van der Waals surface area contributed by atoms with E-state index in [-0.39, 0.29) is 42.9 Å². The highest BCUT2D eigenvalue weighted by atomic mass is 35.5. The van der Waals surface area contributed by atoms with Gasteiger partial charge in [0.15, 0.2) is 0 Å². The van der Waals surface area contributed by atoms with Crippen molar-refractivity contribution in [2.24, 2.45) is 11.8 Å². The summed E-state index contributed by atoms with van der Waals surface area (Å²) in [5, 5.41) is 6.23. The molecule has 2 heterocycles. The van der Waals surface area contributed by atoms with Gasteiger partial charge in [0.25, 0.3) is 0 Å². The average Bonchev–Trinajstić information content (AvgIpc) is 2.97. The van der Waals surface area contributed by atoms with Crippen molar-refractivity contribution in [3.63, 3.8) is 0 Å². The van der Waals surface area contributed by atoms with E-state index in [2.05, 4.69) is 10.6 Å². The van der Waals surface area contributed by atoms with Gasteiger partial charge in [-0.2, -0.15) is 0 Å². The summed E-state index contributed by atoms with van der Waals surface area (Å²) >= 11 is 0. The zero-order valence-corrected chi connectivity index (χ0v) is 15.3. The molecule has 8 heteroatoms. The van der Waals surface area contributed by atoms with E-state index in [0.717, 1.165) is 38.1 Å². The van der Waals surface area contributed by atoms with Crippen LogP contribution < -0.4 is 15.5 Å². The molecule has 0 radical (unpaired) electrons. The van der Waals surface area contributed by atoms with Crippen LogP contribution in [0.3, 0.4) is 0 Å². The maximum Gasteiger partial charge on any atom is 0.227 e. The highest BCUT2D eigenvalue weighted by molar-refractivity contribution is 6.00. The number of nitrogens with one attached hydrogen (secondary N) is 2. The van der Waals surface area contributed by atoms with Crippen LogP contribution in [0.1, 0.15) is 25.7 Å².